The molecule has 0 aliphatic carbocycles. The zero-order valence-electron chi connectivity index (χ0n) is 12.6. The van der Waals surface area contributed by atoms with Crippen LogP contribution < -0.4 is 5.73 Å². The van der Waals surface area contributed by atoms with E-state index in [0.717, 1.165) is 16.3 Å². The summed E-state index contributed by atoms with van der Waals surface area (Å²) in [5.41, 5.74) is 7.10. The lowest BCUT2D eigenvalue weighted by Crippen LogP contribution is -2.42. The first-order valence-electron chi connectivity index (χ1n) is 7.55. The van der Waals surface area contributed by atoms with Crippen LogP contribution in [0.3, 0.4) is 0 Å². The number of hydrogen-bond donors (Lipinski definition) is 1. The van der Waals surface area contributed by atoms with Gasteiger partial charge < -0.3 is 10.6 Å². The van der Waals surface area contributed by atoms with Crippen LogP contribution in [0.1, 0.15) is 18.5 Å². The molecule has 1 aliphatic rings. The van der Waals surface area contributed by atoms with Gasteiger partial charge >= 0.3 is 0 Å². The van der Waals surface area contributed by atoms with Crippen LogP contribution in [0.5, 0.6) is 0 Å². The van der Waals surface area contributed by atoms with Crippen molar-refractivity contribution >= 4 is 23.2 Å². The van der Waals surface area contributed by atoms with Gasteiger partial charge in [-0.05, 0) is 25.0 Å². The quantitative estimate of drug-likeness (QED) is 0.919. The van der Waals surface area contributed by atoms with Gasteiger partial charge in [0.2, 0.25) is 11.8 Å². The number of pyridine rings is 1. The monoisotopic (exact) mass is 330 g/mol. The van der Waals surface area contributed by atoms with Crippen molar-refractivity contribution < 1.29 is 9.59 Å². The fourth-order valence-electron chi connectivity index (χ4n) is 2.70. The Labute approximate surface area is 138 Å². The number of nitrogens with two attached hydrogens (primary N) is 1. The van der Waals surface area contributed by atoms with E-state index in [4.69, 9.17) is 5.73 Å². The molecule has 3 heterocycles. The highest BCUT2D eigenvalue weighted by atomic mass is 32.1. The van der Waals surface area contributed by atoms with Crippen LogP contribution >= 0.6 is 11.3 Å². The Morgan fingerprint density at radius 2 is 1.96 bits per heavy atom. The van der Waals surface area contributed by atoms with E-state index in [-0.39, 0.29) is 17.7 Å². The first kappa shape index (κ1) is 15.6. The maximum atomic E-state index is 12.4. The standard InChI is InChI=1S/C16H18N4O2S/c17-15(22)11-3-7-20(8-4-11)14(21)9-13-10-23-16(19-13)12-1-5-18-6-2-12/h1-2,5-6,10-11H,3-4,7-9H2,(H2,17,22). The van der Waals surface area contributed by atoms with Gasteiger partial charge in [-0.15, -0.1) is 11.3 Å². The van der Waals surface area contributed by atoms with Crippen molar-refractivity contribution in [1.29, 1.82) is 0 Å². The minimum Gasteiger partial charge on any atom is -0.369 e. The van der Waals surface area contributed by atoms with Crippen molar-refractivity contribution in [3.05, 3.63) is 35.6 Å². The Kier molecular flexibility index (Phi) is 4.66. The number of primary amides is 1. The maximum absolute atomic E-state index is 12.4. The minimum atomic E-state index is -0.265. The lowest BCUT2D eigenvalue weighted by Gasteiger charge is -2.30. The highest BCUT2D eigenvalue weighted by Crippen LogP contribution is 2.24. The average Bonchev–Trinajstić information content (AvgIpc) is 3.04. The second-order valence-corrected chi connectivity index (χ2v) is 6.47. The van der Waals surface area contributed by atoms with Crippen molar-refractivity contribution in [3.8, 4) is 10.6 Å². The van der Waals surface area contributed by atoms with E-state index in [9.17, 15) is 9.59 Å². The summed E-state index contributed by atoms with van der Waals surface area (Å²) in [4.78, 5) is 33.8. The van der Waals surface area contributed by atoms with E-state index in [1.807, 2.05) is 17.5 Å². The molecule has 0 aromatic carbocycles. The Bertz CT molecular complexity index is 693. The van der Waals surface area contributed by atoms with Crippen LogP contribution in [-0.2, 0) is 16.0 Å². The zero-order valence-corrected chi connectivity index (χ0v) is 13.5. The Morgan fingerprint density at radius 1 is 1.26 bits per heavy atom. The molecule has 7 heteroatoms. The SMILES string of the molecule is NC(=O)C1CCN(C(=O)Cc2csc(-c3ccncc3)n2)CC1. The second-order valence-electron chi connectivity index (χ2n) is 5.61. The molecule has 120 valence electrons. The van der Waals surface area contributed by atoms with Crippen LogP contribution in [0.25, 0.3) is 10.6 Å². The normalized spacial score (nSPS) is 15.6. The number of nitrogens with zero attached hydrogens (tertiary/aromatic N) is 3. The van der Waals surface area contributed by atoms with Crippen molar-refractivity contribution in [2.45, 2.75) is 19.3 Å². The number of piperidine rings is 1. The van der Waals surface area contributed by atoms with Gasteiger partial charge in [-0.1, -0.05) is 0 Å². The molecule has 2 aromatic heterocycles. The number of carbonyl (C=O) groups excluding carboxylic acids is 2. The Morgan fingerprint density at radius 3 is 2.61 bits per heavy atom. The smallest absolute Gasteiger partial charge is 0.228 e. The van der Waals surface area contributed by atoms with Crippen molar-refractivity contribution in [2.24, 2.45) is 11.7 Å². The van der Waals surface area contributed by atoms with Gasteiger partial charge in [0.15, 0.2) is 0 Å². The van der Waals surface area contributed by atoms with E-state index in [1.165, 1.54) is 11.3 Å². The van der Waals surface area contributed by atoms with E-state index in [0.29, 0.717) is 32.4 Å². The summed E-state index contributed by atoms with van der Waals surface area (Å²) in [6.45, 7) is 1.18. The Balaban J connectivity index is 1.59. The third kappa shape index (κ3) is 3.73. The minimum absolute atomic E-state index is 0.0551. The zero-order chi connectivity index (χ0) is 16.2. The summed E-state index contributed by atoms with van der Waals surface area (Å²) in [5.74, 6) is -0.310. The van der Waals surface area contributed by atoms with Crippen molar-refractivity contribution in [1.82, 2.24) is 14.9 Å². The maximum Gasteiger partial charge on any atom is 0.228 e. The average molecular weight is 330 g/mol. The molecule has 0 saturated carbocycles. The largest absolute Gasteiger partial charge is 0.369 e. The van der Waals surface area contributed by atoms with E-state index < -0.39 is 0 Å². The molecule has 1 saturated heterocycles. The second kappa shape index (κ2) is 6.87. The fraction of sp³-hybridized carbons (Fsp3) is 0.375. The molecule has 2 N–H and O–H groups in total. The van der Waals surface area contributed by atoms with Crippen LogP contribution in [0.15, 0.2) is 29.9 Å². The van der Waals surface area contributed by atoms with Crippen LogP contribution in [0.2, 0.25) is 0 Å². The number of aromatic nitrogens is 2. The third-order valence-electron chi connectivity index (χ3n) is 4.06. The molecule has 2 amide bonds. The van der Waals surface area contributed by atoms with Crippen LogP contribution in [0.4, 0.5) is 0 Å². The number of thiazole rings is 1. The molecule has 6 nitrogen and oxygen atoms in total. The molecule has 3 rings (SSSR count). The number of likely N-dealkylation sites (tertiary alicyclic amines) is 1. The molecule has 2 aromatic rings. The van der Waals surface area contributed by atoms with Gasteiger partial charge in [0.05, 0.1) is 12.1 Å². The van der Waals surface area contributed by atoms with Gasteiger partial charge in [0.25, 0.3) is 0 Å². The predicted octanol–water partition coefficient (Wildman–Crippen LogP) is 1.47. The highest BCUT2D eigenvalue weighted by Gasteiger charge is 2.26. The molecule has 0 spiro atoms. The first-order valence-corrected chi connectivity index (χ1v) is 8.43. The van der Waals surface area contributed by atoms with E-state index in [1.54, 1.807) is 17.3 Å². The molecular formula is C16H18N4O2S. The lowest BCUT2D eigenvalue weighted by molar-refractivity contribution is -0.134. The van der Waals surface area contributed by atoms with E-state index in [2.05, 4.69) is 9.97 Å². The third-order valence-corrected chi connectivity index (χ3v) is 5.00. The van der Waals surface area contributed by atoms with Gasteiger partial charge in [0.1, 0.15) is 5.01 Å². The van der Waals surface area contributed by atoms with Crippen LogP contribution in [-0.4, -0.2) is 39.8 Å². The highest BCUT2D eigenvalue weighted by molar-refractivity contribution is 7.13. The molecule has 0 atom stereocenters. The van der Waals surface area contributed by atoms with Crippen molar-refractivity contribution in [2.75, 3.05) is 13.1 Å². The first-order chi connectivity index (χ1) is 11.1. The van der Waals surface area contributed by atoms with Crippen molar-refractivity contribution in [3.63, 3.8) is 0 Å². The van der Waals surface area contributed by atoms with Gasteiger partial charge in [0, 0.05) is 42.3 Å². The van der Waals surface area contributed by atoms with E-state index >= 15 is 0 Å². The van der Waals surface area contributed by atoms with Gasteiger partial charge in [-0.25, -0.2) is 4.98 Å². The predicted molar refractivity (Wildman–Crippen MR) is 87.5 cm³/mol. The fourth-order valence-corrected chi connectivity index (χ4v) is 3.52. The molecule has 1 fully saturated rings. The number of hydrogen-bond acceptors (Lipinski definition) is 5. The number of rotatable bonds is 4. The Hall–Kier alpha value is -2.28. The lowest BCUT2D eigenvalue weighted by atomic mass is 9.96. The number of carbonyl (C=O) groups is 2. The van der Waals surface area contributed by atoms with Gasteiger partial charge in [-0.3, -0.25) is 14.6 Å². The molecule has 0 radical (unpaired) electrons. The summed E-state index contributed by atoms with van der Waals surface area (Å²) < 4.78 is 0. The molecule has 23 heavy (non-hydrogen) atoms. The molecule has 1 aliphatic heterocycles. The summed E-state index contributed by atoms with van der Waals surface area (Å²) in [6.07, 6.45) is 5.05. The topological polar surface area (TPSA) is 89.2 Å². The molecule has 0 unspecified atom stereocenters. The number of amides is 2. The van der Waals surface area contributed by atoms with Gasteiger partial charge in [-0.2, -0.15) is 0 Å². The summed E-state index contributed by atoms with van der Waals surface area (Å²) >= 11 is 1.52. The summed E-state index contributed by atoms with van der Waals surface area (Å²) in [6, 6.07) is 3.80. The summed E-state index contributed by atoms with van der Waals surface area (Å²) in [7, 11) is 0. The molecular weight excluding hydrogens is 312 g/mol. The molecule has 0 bridgehead atoms. The summed E-state index contributed by atoms with van der Waals surface area (Å²) in [5, 5.41) is 2.81. The van der Waals surface area contributed by atoms with Crippen LogP contribution in [0, 0.1) is 5.92 Å².